The second kappa shape index (κ2) is 6.91. The number of fused-ring (bicyclic) bond motifs is 1. The molecule has 7 heteroatoms. The van der Waals surface area contributed by atoms with Crippen LogP contribution in [0.2, 0.25) is 5.02 Å². The van der Waals surface area contributed by atoms with Gasteiger partial charge in [0.25, 0.3) is 0 Å². The van der Waals surface area contributed by atoms with E-state index < -0.39 is 0 Å². The van der Waals surface area contributed by atoms with E-state index in [0.29, 0.717) is 24.2 Å². The highest BCUT2D eigenvalue weighted by atomic mass is 35.5. The van der Waals surface area contributed by atoms with Gasteiger partial charge in [0.2, 0.25) is 0 Å². The van der Waals surface area contributed by atoms with Gasteiger partial charge in [-0.15, -0.1) is 0 Å². The first-order chi connectivity index (χ1) is 12.5. The summed E-state index contributed by atoms with van der Waals surface area (Å²) in [7, 11) is 0. The average Bonchev–Trinajstić information content (AvgIpc) is 3.08. The van der Waals surface area contributed by atoms with E-state index in [4.69, 9.17) is 21.1 Å². The highest BCUT2D eigenvalue weighted by Crippen LogP contribution is 2.52. The second-order valence-corrected chi connectivity index (χ2v) is 8.34. The lowest BCUT2D eigenvalue weighted by Crippen LogP contribution is -2.67. The number of nitrogens with zero attached hydrogens (tertiary/aromatic N) is 1. The zero-order valence-electron chi connectivity index (χ0n) is 15.3. The zero-order valence-corrected chi connectivity index (χ0v) is 16.0. The van der Waals surface area contributed by atoms with Crippen molar-refractivity contribution in [2.24, 2.45) is 11.3 Å². The summed E-state index contributed by atoms with van der Waals surface area (Å²) in [6.45, 7) is 8.07. The van der Waals surface area contributed by atoms with E-state index in [1.54, 1.807) is 6.07 Å². The van der Waals surface area contributed by atoms with Crippen molar-refractivity contribution in [1.29, 1.82) is 0 Å². The van der Waals surface area contributed by atoms with Crippen LogP contribution < -0.4 is 15.5 Å². The third kappa shape index (κ3) is 3.15. The van der Waals surface area contributed by atoms with Gasteiger partial charge in [-0.2, -0.15) is 0 Å². The van der Waals surface area contributed by atoms with Gasteiger partial charge in [-0.25, -0.2) is 4.79 Å². The van der Waals surface area contributed by atoms with Crippen LogP contribution >= 0.6 is 11.6 Å². The number of urea groups is 1. The zero-order chi connectivity index (χ0) is 18.3. The SMILES string of the molecule is CC1(C)[C@H](NC(=O)Nc2cc(Cl)ccc2N2CCOCC2)[C@H]2CCO[C@@H]21. The average molecular weight is 380 g/mol. The number of ether oxygens (including phenoxy) is 2. The van der Waals surface area contributed by atoms with E-state index in [2.05, 4.69) is 29.4 Å². The van der Waals surface area contributed by atoms with Crippen molar-refractivity contribution in [2.45, 2.75) is 32.4 Å². The maximum atomic E-state index is 12.7. The van der Waals surface area contributed by atoms with Gasteiger partial charge in [0, 0.05) is 42.1 Å². The normalized spacial score (nSPS) is 29.7. The lowest BCUT2D eigenvalue weighted by atomic mass is 9.57. The van der Waals surface area contributed by atoms with E-state index >= 15 is 0 Å². The van der Waals surface area contributed by atoms with Crippen molar-refractivity contribution in [3.05, 3.63) is 23.2 Å². The summed E-state index contributed by atoms with van der Waals surface area (Å²) < 4.78 is 11.2. The maximum absolute atomic E-state index is 12.7. The minimum Gasteiger partial charge on any atom is -0.378 e. The second-order valence-electron chi connectivity index (χ2n) is 7.90. The Bertz CT molecular complexity index is 691. The van der Waals surface area contributed by atoms with Crippen LogP contribution in [0.4, 0.5) is 16.2 Å². The van der Waals surface area contributed by atoms with E-state index in [-0.39, 0.29) is 23.6 Å². The van der Waals surface area contributed by atoms with Crippen molar-refractivity contribution in [3.8, 4) is 0 Å². The van der Waals surface area contributed by atoms with E-state index in [9.17, 15) is 4.79 Å². The molecule has 142 valence electrons. The first-order valence-electron chi connectivity index (χ1n) is 9.28. The molecule has 1 aliphatic carbocycles. The summed E-state index contributed by atoms with van der Waals surface area (Å²) in [4.78, 5) is 14.9. The fourth-order valence-electron chi connectivity index (χ4n) is 4.61. The molecule has 0 aromatic heterocycles. The number of nitrogens with one attached hydrogen (secondary N) is 2. The largest absolute Gasteiger partial charge is 0.378 e. The molecule has 26 heavy (non-hydrogen) atoms. The van der Waals surface area contributed by atoms with Crippen LogP contribution in [0.5, 0.6) is 0 Å². The molecule has 2 amide bonds. The molecule has 1 saturated carbocycles. The van der Waals surface area contributed by atoms with Crippen molar-refractivity contribution in [1.82, 2.24) is 5.32 Å². The van der Waals surface area contributed by atoms with E-state index in [1.165, 1.54) is 0 Å². The Balaban J connectivity index is 1.46. The Labute approximate surface area is 159 Å². The predicted octanol–water partition coefficient (Wildman–Crippen LogP) is 3.11. The standard InChI is InChI=1S/C19H26ClN3O3/c1-19(2)16(13-5-8-26-17(13)19)22-18(24)21-14-11-12(20)3-4-15(14)23-6-9-25-10-7-23/h3-4,11,13,16-17H,5-10H2,1-2H3,(H2,21,22,24)/t13-,16-,17+/m1/s1. The number of morpholine rings is 1. The molecule has 0 spiro atoms. The third-order valence-corrected chi connectivity index (χ3v) is 6.18. The first-order valence-corrected chi connectivity index (χ1v) is 9.66. The summed E-state index contributed by atoms with van der Waals surface area (Å²) in [5.41, 5.74) is 1.66. The van der Waals surface area contributed by atoms with Gasteiger partial charge in [0.1, 0.15) is 0 Å². The molecule has 3 fully saturated rings. The van der Waals surface area contributed by atoms with Crippen molar-refractivity contribution < 1.29 is 14.3 Å². The Morgan fingerprint density at radius 3 is 2.81 bits per heavy atom. The van der Waals surface area contributed by atoms with Crippen LogP contribution in [0.3, 0.4) is 0 Å². The quantitative estimate of drug-likeness (QED) is 0.847. The molecule has 2 N–H and O–H groups in total. The molecule has 4 rings (SSSR count). The Kier molecular flexibility index (Phi) is 4.75. The van der Waals surface area contributed by atoms with Crippen molar-refractivity contribution in [3.63, 3.8) is 0 Å². The minimum absolute atomic E-state index is 0.0418. The summed E-state index contributed by atoms with van der Waals surface area (Å²) in [6, 6.07) is 5.55. The molecule has 3 aliphatic rings. The fraction of sp³-hybridized carbons (Fsp3) is 0.632. The van der Waals surface area contributed by atoms with Gasteiger partial charge < -0.3 is 25.0 Å². The number of benzene rings is 1. The fourth-order valence-corrected chi connectivity index (χ4v) is 4.78. The highest BCUT2D eigenvalue weighted by molar-refractivity contribution is 6.31. The Morgan fingerprint density at radius 2 is 2.04 bits per heavy atom. The smallest absolute Gasteiger partial charge is 0.319 e. The van der Waals surface area contributed by atoms with Gasteiger partial charge >= 0.3 is 6.03 Å². The van der Waals surface area contributed by atoms with E-state index in [0.717, 1.165) is 37.5 Å². The number of carbonyl (C=O) groups is 1. The molecule has 0 bridgehead atoms. The first kappa shape index (κ1) is 17.9. The number of hydrogen-bond donors (Lipinski definition) is 2. The maximum Gasteiger partial charge on any atom is 0.319 e. The lowest BCUT2D eigenvalue weighted by molar-refractivity contribution is -0.107. The number of hydrogen-bond acceptors (Lipinski definition) is 4. The Morgan fingerprint density at radius 1 is 1.27 bits per heavy atom. The van der Waals surface area contributed by atoms with Gasteiger partial charge in [-0.3, -0.25) is 0 Å². The van der Waals surface area contributed by atoms with Crippen LogP contribution in [0.1, 0.15) is 20.3 Å². The molecule has 3 atom stereocenters. The summed E-state index contributed by atoms with van der Waals surface area (Å²) in [5.74, 6) is 0.411. The molecular weight excluding hydrogens is 354 g/mol. The van der Waals surface area contributed by atoms with Crippen LogP contribution in [0, 0.1) is 11.3 Å². The monoisotopic (exact) mass is 379 g/mol. The molecule has 6 nitrogen and oxygen atoms in total. The van der Waals surface area contributed by atoms with Crippen molar-refractivity contribution in [2.75, 3.05) is 43.1 Å². The molecule has 1 aromatic rings. The lowest BCUT2D eigenvalue weighted by Gasteiger charge is -2.54. The van der Waals surface area contributed by atoms with Crippen LogP contribution in [0.15, 0.2) is 18.2 Å². The van der Waals surface area contributed by atoms with Gasteiger partial charge in [-0.1, -0.05) is 25.4 Å². The molecule has 2 saturated heterocycles. The number of rotatable bonds is 3. The molecule has 0 unspecified atom stereocenters. The number of carbonyl (C=O) groups excluding carboxylic acids is 1. The number of anilines is 2. The Hall–Kier alpha value is -1.50. The van der Waals surface area contributed by atoms with Gasteiger partial charge in [-0.05, 0) is 24.6 Å². The molecule has 2 aliphatic heterocycles. The molecular formula is C19H26ClN3O3. The molecule has 1 aromatic carbocycles. The minimum atomic E-state index is -0.190. The topological polar surface area (TPSA) is 62.8 Å². The number of halogens is 1. The van der Waals surface area contributed by atoms with E-state index in [1.807, 2.05) is 12.1 Å². The number of amides is 2. The summed E-state index contributed by atoms with van der Waals surface area (Å²) in [6.07, 6.45) is 1.26. The third-order valence-electron chi connectivity index (χ3n) is 5.95. The highest BCUT2D eigenvalue weighted by Gasteiger charge is 2.59. The molecule has 0 radical (unpaired) electrons. The van der Waals surface area contributed by atoms with Gasteiger partial charge in [0.15, 0.2) is 0 Å². The van der Waals surface area contributed by atoms with Crippen LogP contribution in [-0.2, 0) is 9.47 Å². The summed E-state index contributed by atoms with van der Waals surface area (Å²) in [5, 5.41) is 6.77. The molecule has 2 heterocycles. The van der Waals surface area contributed by atoms with Crippen molar-refractivity contribution >= 4 is 29.0 Å². The van der Waals surface area contributed by atoms with Crippen LogP contribution in [-0.4, -0.2) is 51.1 Å². The van der Waals surface area contributed by atoms with Gasteiger partial charge in [0.05, 0.1) is 30.7 Å². The van der Waals surface area contributed by atoms with Crippen LogP contribution in [0.25, 0.3) is 0 Å². The summed E-state index contributed by atoms with van der Waals surface area (Å²) >= 11 is 6.17. The predicted molar refractivity (Wildman–Crippen MR) is 102 cm³/mol.